The number of benzene rings is 2. The largest absolute Gasteiger partial charge is 0.465 e. The summed E-state index contributed by atoms with van der Waals surface area (Å²) < 4.78 is 42.8. The van der Waals surface area contributed by atoms with Crippen LogP contribution in [0.15, 0.2) is 58.3 Å². The average Bonchev–Trinajstić information content (AvgIpc) is 2.47. The molecule has 0 radical (unpaired) electrons. The van der Waals surface area contributed by atoms with Crippen LogP contribution in [0.4, 0.5) is 4.39 Å². The van der Waals surface area contributed by atoms with Crippen LogP contribution in [0.3, 0.4) is 0 Å². The number of hydrogen-bond donors (Lipinski definition) is 0. The van der Waals surface area contributed by atoms with Crippen molar-refractivity contribution in [1.29, 1.82) is 0 Å². The molecule has 6 heteroatoms. The van der Waals surface area contributed by atoms with Crippen LogP contribution in [0.5, 0.6) is 0 Å². The van der Waals surface area contributed by atoms with Crippen LogP contribution in [0.25, 0.3) is 0 Å². The summed E-state index contributed by atoms with van der Waals surface area (Å²) in [5.41, 5.74) is -0.197. The first-order valence-electron chi connectivity index (χ1n) is 5.65. The summed E-state index contributed by atoms with van der Waals surface area (Å²) in [5.74, 6) is -1.58. The standard InChI is InChI=1S/C14H11FO4S/c1-19-14(16)12-8-7-10(15)9-13(12)20(17,18)11-5-3-2-4-6-11/h2-9H,1H3. The van der Waals surface area contributed by atoms with Crippen molar-refractivity contribution >= 4 is 15.8 Å². The quantitative estimate of drug-likeness (QED) is 0.816. The Hall–Kier alpha value is -2.21. The molecule has 0 aliphatic heterocycles. The monoisotopic (exact) mass is 294 g/mol. The first-order chi connectivity index (χ1) is 9.46. The highest BCUT2D eigenvalue weighted by Gasteiger charge is 2.25. The zero-order valence-electron chi connectivity index (χ0n) is 10.5. The van der Waals surface area contributed by atoms with E-state index in [4.69, 9.17) is 0 Å². The number of ether oxygens (including phenoxy) is 1. The van der Waals surface area contributed by atoms with Crippen molar-refractivity contribution in [2.24, 2.45) is 0 Å². The van der Waals surface area contributed by atoms with E-state index < -0.39 is 26.5 Å². The maximum Gasteiger partial charge on any atom is 0.339 e. The van der Waals surface area contributed by atoms with Gasteiger partial charge in [0.15, 0.2) is 0 Å². The van der Waals surface area contributed by atoms with Gasteiger partial charge in [-0.25, -0.2) is 17.6 Å². The first-order valence-corrected chi connectivity index (χ1v) is 7.13. The van der Waals surface area contributed by atoms with Gasteiger partial charge >= 0.3 is 5.97 Å². The van der Waals surface area contributed by atoms with Gasteiger partial charge in [-0.05, 0) is 30.3 Å². The molecule has 0 heterocycles. The van der Waals surface area contributed by atoms with Crippen molar-refractivity contribution < 1.29 is 22.3 Å². The van der Waals surface area contributed by atoms with Crippen LogP contribution < -0.4 is 0 Å². The summed E-state index contributed by atoms with van der Waals surface area (Å²) in [6, 6.07) is 10.4. The molecule has 0 spiro atoms. The molecule has 0 aromatic heterocycles. The molecule has 0 aliphatic rings. The number of hydrogen-bond acceptors (Lipinski definition) is 4. The number of sulfone groups is 1. The number of carbonyl (C=O) groups is 1. The van der Waals surface area contributed by atoms with Crippen molar-refractivity contribution in [3.8, 4) is 0 Å². The van der Waals surface area contributed by atoms with E-state index in [-0.39, 0.29) is 10.5 Å². The van der Waals surface area contributed by atoms with Crippen molar-refractivity contribution in [3.05, 3.63) is 59.9 Å². The second-order valence-corrected chi connectivity index (χ2v) is 5.87. The Morgan fingerprint density at radius 1 is 1.10 bits per heavy atom. The number of rotatable bonds is 3. The molecular formula is C14H11FO4S. The Morgan fingerprint density at radius 2 is 1.75 bits per heavy atom. The van der Waals surface area contributed by atoms with E-state index in [0.29, 0.717) is 0 Å². The summed E-state index contributed by atoms with van der Waals surface area (Å²) in [6.45, 7) is 0. The maximum absolute atomic E-state index is 13.3. The van der Waals surface area contributed by atoms with Gasteiger partial charge < -0.3 is 4.74 Å². The van der Waals surface area contributed by atoms with E-state index in [1.54, 1.807) is 18.2 Å². The van der Waals surface area contributed by atoms with Crippen LogP contribution in [0, 0.1) is 5.82 Å². The Bertz CT molecular complexity index is 739. The Labute approximate surface area is 115 Å². The third kappa shape index (κ3) is 2.55. The third-order valence-electron chi connectivity index (χ3n) is 2.69. The Kier molecular flexibility index (Phi) is 3.85. The summed E-state index contributed by atoms with van der Waals surface area (Å²) >= 11 is 0. The molecule has 0 unspecified atom stereocenters. The fraction of sp³-hybridized carbons (Fsp3) is 0.0714. The lowest BCUT2D eigenvalue weighted by atomic mass is 10.2. The average molecular weight is 294 g/mol. The molecule has 20 heavy (non-hydrogen) atoms. The van der Waals surface area contributed by atoms with Gasteiger partial charge in [0.1, 0.15) is 5.82 Å². The maximum atomic E-state index is 13.3. The highest BCUT2D eigenvalue weighted by molar-refractivity contribution is 7.91. The fourth-order valence-corrected chi connectivity index (χ4v) is 3.20. The van der Waals surface area contributed by atoms with Gasteiger partial charge in [0.2, 0.25) is 9.84 Å². The van der Waals surface area contributed by atoms with E-state index in [1.807, 2.05) is 0 Å². The lowest BCUT2D eigenvalue weighted by molar-refractivity contribution is 0.0596. The van der Waals surface area contributed by atoms with E-state index in [0.717, 1.165) is 25.3 Å². The zero-order valence-corrected chi connectivity index (χ0v) is 11.4. The van der Waals surface area contributed by atoms with E-state index in [9.17, 15) is 17.6 Å². The number of carbonyl (C=O) groups excluding carboxylic acids is 1. The zero-order chi connectivity index (χ0) is 14.8. The van der Waals surface area contributed by atoms with Crippen molar-refractivity contribution in [3.63, 3.8) is 0 Å². The van der Waals surface area contributed by atoms with Crippen LogP contribution in [-0.2, 0) is 14.6 Å². The predicted octanol–water partition coefficient (Wildman–Crippen LogP) is 2.45. The summed E-state index contributed by atoms with van der Waals surface area (Å²) in [4.78, 5) is 11.2. The van der Waals surface area contributed by atoms with Gasteiger partial charge in [0.25, 0.3) is 0 Å². The third-order valence-corrected chi connectivity index (χ3v) is 4.50. The molecule has 0 atom stereocenters. The molecule has 0 bridgehead atoms. The molecular weight excluding hydrogens is 283 g/mol. The second-order valence-electron chi connectivity index (χ2n) is 3.95. The molecule has 2 aromatic carbocycles. The van der Waals surface area contributed by atoms with Crippen LogP contribution in [0.1, 0.15) is 10.4 Å². The van der Waals surface area contributed by atoms with Crippen molar-refractivity contribution in [1.82, 2.24) is 0 Å². The number of methoxy groups -OCH3 is 1. The molecule has 0 amide bonds. The van der Waals surface area contributed by atoms with Crippen LogP contribution >= 0.6 is 0 Å². The molecule has 104 valence electrons. The van der Waals surface area contributed by atoms with Gasteiger partial charge in [-0.2, -0.15) is 0 Å². The van der Waals surface area contributed by atoms with Crippen LogP contribution in [0.2, 0.25) is 0 Å². The minimum absolute atomic E-state index is 0.0178. The number of esters is 1. The molecule has 2 aromatic rings. The van der Waals surface area contributed by atoms with Crippen LogP contribution in [-0.4, -0.2) is 21.5 Å². The predicted molar refractivity (Wildman–Crippen MR) is 69.6 cm³/mol. The summed E-state index contributed by atoms with van der Waals surface area (Å²) in [7, 11) is -2.86. The lowest BCUT2D eigenvalue weighted by Gasteiger charge is -2.09. The first kappa shape index (κ1) is 14.2. The highest BCUT2D eigenvalue weighted by atomic mass is 32.2. The van der Waals surface area contributed by atoms with Crippen molar-refractivity contribution in [2.75, 3.05) is 7.11 Å². The normalized spacial score (nSPS) is 11.1. The van der Waals surface area contributed by atoms with Gasteiger partial charge in [0.05, 0.1) is 22.5 Å². The van der Waals surface area contributed by atoms with Gasteiger partial charge in [-0.3, -0.25) is 0 Å². The highest BCUT2D eigenvalue weighted by Crippen LogP contribution is 2.25. The molecule has 0 N–H and O–H groups in total. The van der Waals surface area contributed by atoms with Gasteiger partial charge in [0, 0.05) is 0 Å². The SMILES string of the molecule is COC(=O)c1ccc(F)cc1S(=O)(=O)c1ccccc1. The Balaban J connectivity index is 2.69. The topological polar surface area (TPSA) is 60.4 Å². The molecule has 0 saturated carbocycles. The molecule has 4 nitrogen and oxygen atoms in total. The molecule has 0 saturated heterocycles. The summed E-state index contributed by atoms with van der Waals surface area (Å²) in [6.07, 6.45) is 0. The van der Waals surface area contributed by atoms with E-state index >= 15 is 0 Å². The Morgan fingerprint density at radius 3 is 2.35 bits per heavy atom. The smallest absolute Gasteiger partial charge is 0.339 e. The fourth-order valence-electron chi connectivity index (χ4n) is 1.72. The minimum atomic E-state index is -3.99. The van der Waals surface area contributed by atoms with Crippen molar-refractivity contribution in [2.45, 2.75) is 9.79 Å². The summed E-state index contributed by atoms with van der Waals surface area (Å²) in [5, 5.41) is 0. The van der Waals surface area contributed by atoms with E-state index in [1.165, 1.54) is 12.1 Å². The van der Waals surface area contributed by atoms with Gasteiger partial charge in [-0.1, -0.05) is 18.2 Å². The molecule has 0 aliphatic carbocycles. The lowest BCUT2D eigenvalue weighted by Crippen LogP contribution is -2.11. The second kappa shape index (κ2) is 5.42. The molecule has 2 rings (SSSR count). The van der Waals surface area contributed by atoms with E-state index in [2.05, 4.69) is 4.74 Å². The minimum Gasteiger partial charge on any atom is -0.465 e. The molecule has 0 fully saturated rings. The van der Waals surface area contributed by atoms with Gasteiger partial charge in [-0.15, -0.1) is 0 Å². The number of halogens is 1.